The van der Waals surface area contributed by atoms with E-state index in [-0.39, 0.29) is 12.4 Å². The Balaban J connectivity index is 0.00000162. The molecular weight excluding hydrogens is 315 g/mol. The van der Waals surface area contributed by atoms with Gasteiger partial charge in [0, 0.05) is 13.1 Å². The molecule has 2 rings (SSSR count). The Morgan fingerprint density at radius 3 is 2.44 bits per heavy atom. The van der Waals surface area contributed by atoms with Crippen molar-refractivity contribution in [1.29, 1.82) is 0 Å². The lowest BCUT2D eigenvalue weighted by molar-refractivity contribution is 0.279. The number of hydrogen-bond donors (Lipinski definition) is 1. The zero-order valence-electron chi connectivity index (χ0n) is 9.71. The molecule has 0 atom stereocenters. The minimum absolute atomic E-state index is 0. The van der Waals surface area contributed by atoms with Crippen molar-refractivity contribution in [3.05, 3.63) is 16.5 Å². The van der Waals surface area contributed by atoms with Crippen LogP contribution in [0.4, 0.5) is 0 Å². The van der Waals surface area contributed by atoms with E-state index in [1.165, 1.54) is 4.31 Å². The first kappa shape index (κ1) is 16.2. The van der Waals surface area contributed by atoms with Crippen LogP contribution >= 0.6 is 35.3 Å². The van der Waals surface area contributed by atoms with E-state index in [4.69, 9.17) is 17.3 Å². The number of halogens is 2. The van der Waals surface area contributed by atoms with Gasteiger partial charge in [-0.1, -0.05) is 11.6 Å². The highest BCUT2D eigenvalue weighted by atomic mass is 35.5. The van der Waals surface area contributed by atoms with Crippen molar-refractivity contribution in [3.8, 4) is 0 Å². The van der Waals surface area contributed by atoms with Crippen molar-refractivity contribution in [2.24, 2.45) is 11.7 Å². The van der Waals surface area contributed by atoms with Gasteiger partial charge >= 0.3 is 0 Å². The largest absolute Gasteiger partial charge is 0.330 e. The summed E-state index contributed by atoms with van der Waals surface area (Å²) in [5.41, 5.74) is 5.59. The number of hydrogen-bond acceptors (Lipinski definition) is 4. The summed E-state index contributed by atoms with van der Waals surface area (Å²) in [6.45, 7) is 1.75. The van der Waals surface area contributed by atoms with Gasteiger partial charge in [-0.2, -0.15) is 4.31 Å². The molecule has 0 aromatic carbocycles. The van der Waals surface area contributed by atoms with Crippen molar-refractivity contribution in [2.45, 2.75) is 17.1 Å². The maximum absolute atomic E-state index is 12.2. The average Bonchev–Trinajstić information content (AvgIpc) is 2.77. The van der Waals surface area contributed by atoms with Gasteiger partial charge < -0.3 is 5.73 Å². The van der Waals surface area contributed by atoms with Crippen LogP contribution in [0.3, 0.4) is 0 Å². The molecule has 1 aliphatic rings. The molecule has 2 N–H and O–H groups in total. The van der Waals surface area contributed by atoms with Crippen LogP contribution in [0.5, 0.6) is 0 Å². The fourth-order valence-electron chi connectivity index (χ4n) is 1.95. The smallest absolute Gasteiger partial charge is 0.252 e. The van der Waals surface area contributed by atoms with Crippen molar-refractivity contribution >= 4 is 45.4 Å². The molecule has 1 saturated heterocycles. The van der Waals surface area contributed by atoms with Crippen LogP contribution in [-0.2, 0) is 10.0 Å². The summed E-state index contributed by atoms with van der Waals surface area (Å²) >= 11 is 6.88. The van der Waals surface area contributed by atoms with E-state index in [1.54, 1.807) is 12.1 Å². The molecule has 0 amide bonds. The number of nitrogens with two attached hydrogens (primary N) is 1. The van der Waals surface area contributed by atoms with Gasteiger partial charge in [-0.05, 0) is 37.4 Å². The molecule has 104 valence electrons. The van der Waals surface area contributed by atoms with Gasteiger partial charge in [0.1, 0.15) is 4.21 Å². The number of rotatable bonds is 3. The van der Waals surface area contributed by atoms with Crippen LogP contribution in [0, 0.1) is 5.92 Å². The summed E-state index contributed by atoms with van der Waals surface area (Å²) in [5.74, 6) is 0.452. The minimum Gasteiger partial charge on any atom is -0.330 e. The maximum atomic E-state index is 12.2. The first-order chi connectivity index (χ1) is 8.04. The van der Waals surface area contributed by atoms with Gasteiger partial charge in [0.15, 0.2) is 0 Å². The Hall–Kier alpha value is 0.150. The molecule has 0 bridgehead atoms. The van der Waals surface area contributed by atoms with Crippen LogP contribution in [0.1, 0.15) is 12.8 Å². The van der Waals surface area contributed by atoms with E-state index >= 15 is 0 Å². The predicted octanol–water partition coefficient (Wildman–Crippen LogP) is 2.18. The average molecular weight is 331 g/mol. The van der Waals surface area contributed by atoms with Crippen LogP contribution in [0.25, 0.3) is 0 Å². The zero-order valence-corrected chi connectivity index (χ0v) is 12.9. The van der Waals surface area contributed by atoms with Crippen LogP contribution in [-0.4, -0.2) is 32.4 Å². The second kappa shape index (κ2) is 6.54. The normalized spacial score (nSPS) is 18.6. The third-order valence-electron chi connectivity index (χ3n) is 3.05. The van der Waals surface area contributed by atoms with Crippen molar-refractivity contribution in [2.75, 3.05) is 19.6 Å². The zero-order chi connectivity index (χ0) is 12.5. The number of piperidine rings is 1. The van der Waals surface area contributed by atoms with Crippen molar-refractivity contribution < 1.29 is 8.42 Å². The van der Waals surface area contributed by atoms with Crippen molar-refractivity contribution in [3.63, 3.8) is 0 Å². The molecule has 18 heavy (non-hydrogen) atoms. The molecule has 0 spiro atoms. The lowest BCUT2D eigenvalue weighted by Crippen LogP contribution is -2.39. The van der Waals surface area contributed by atoms with Gasteiger partial charge in [0.05, 0.1) is 4.34 Å². The summed E-state index contributed by atoms with van der Waals surface area (Å²) in [5, 5.41) is 0. The molecule has 0 radical (unpaired) electrons. The van der Waals surface area contributed by atoms with E-state index < -0.39 is 10.0 Å². The molecule has 1 aromatic heterocycles. The predicted molar refractivity (Wildman–Crippen MR) is 77.1 cm³/mol. The first-order valence-electron chi connectivity index (χ1n) is 5.49. The molecule has 1 aliphatic heterocycles. The summed E-state index contributed by atoms with van der Waals surface area (Å²) in [7, 11) is -3.35. The van der Waals surface area contributed by atoms with Crippen molar-refractivity contribution in [1.82, 2.24) is 4.31 Å². The van der Waals surface area contributed by atoms with E-state index in [2.05, 4.69) is 0 Å². The van der Waals surface area contributed by atoms with E-state index in [0.29, 0.717) is 34.1 Å². The topological polar surface area (TPSA) is 63.4 Å². The second-order valence-corrected chi connectivity index (χ2v) is 8.02. The Morgan fingerprint density at radius 1 is 1.39 bits per heavy atom. The molecule has 4 nitrogen and oxygen atoms in total. The molecule has 1 fully saturated rings. The fourth-order valence-corrected chi connectivity index (χ4v) is 5.06. The van der Waals surface area contributed by atoms with Gasteiger partial charge in [0.25, 0.3) is 10.0 Å². The highest BCUT2D eigenvalue weighted by Gasteiger charge is 2.29. The molecule has 8 heteroatoms. The Morgan fingerprint density at radius 2 is 2.00 bits per heavy atom. The summed E-state index contributed by atoms with van der Waals surface area (Å²) < 4.78 is 26.8. The van der Waals surface area contributed by atoms with E-state index in [0.717, 1.165) is 24.2 Å². The highest BCUT2D eigenvalue weighted by molar-refractivity contribution is 7.91. The minimum atomic E-state index is -3.35. The van der Waals surface area contributed by atoms with Crippen LogP contribution in [0.15, 0.2) is 16.3 Å². The first-order valence-corrected chi connectivity index (χ1v) is 8.13. The summed E-state index contributed by atoms with van der Waals surface area (Å²) in [4.78, 5) is 0. The highest BCUT2D eigenvalue weighted by Crippen LogP contribution is 2.30. The SMILES string of the molecule is Cl.NCC1CCN(S(=O)(=O)c2ccc(Cl)s2)CC1. The lowest BCUT2D eigenvalue weighted by Gasteiger charge is -2.30. The molecule has 1 aromatic rings. The third kappa shape index (κ3) is 3.37. The van der Waals surface area contributed by atoms with Crippen LogP contribution in [0.2, 0.25) is 4.34 Å². The van der Waals surface area contributed by atoms with Gasteiger partial charge in [-0.25, -0.2) is 8.42 Å². The van der Waals surface area contributed by atoms with Crippen LogP contribution < -0.4 is 5.73 Å². The molecular formula is C10H16Cl2N2O2S2. The Bertz CT molecular complexity index is 482. The number of sulfonamides is 1. The number of thiophene rings is 1. The third-order valence-corrected chi connectivity index (χ3v) is 6.65. The quantitative estimate of drug-likeness (QED) is 0.923. The van der Waals surface area contributed by atoms with E-state index in [9.17, 15) is 8.42 Å². The fraction of sp³-hybridized carbons (Fsp3) is 0.600. The van der Waals surface area contributed by atoms with Gasteiger partial charge in [-0.15, -0.1) is 23.7 Å². The van der Waals surface area contributed by atoms with Gasteiger partial charge in [0.2, 0.25) is 0 Å². The van der Waals surface area contributed by atoms with Gasteiger partial charge in [-0.3, -0.25) is 0 Å². The Labute approximate surface area is 123 Å². The Kier molecular flexibility index (Phi) is 5.89. The molecule has 0 unspecified atom stereocenters. The molecule has 2 heterocycles. The number of nitrogens with zero attached hydrogens (tertiary/aromatic N) is 1. The summed E-state index contributed by atoms with van der Waals surface area (Å²) in [6, 6.07) is 3.18. The maximum Gasteiger partial charge on any atom is 0.252 e. The molecule has 0 saturated carbocycles. The standard InChI is InChI=1S/C10H15ClN2O2S2.ClH/c11-9-1-2-10(16-9)17(14,15)13-5-3-8(7-12)4-6-13;/h1-2,8H,3-7,12H2;1H. The lowest BCUT2D eigenvalue weighted by atomic mass is 9.99. The second-order valence-electron chi connectivity index (χ2n) is 4.14. The van der Waals surface area contributed by atoms with E-state index in [1.807, 2.05) is 0 Å². The summed E-state index contributed by atoms with van der Waals surface area (Å²) in [6.07, 6.45) is 1.68. The monoisotopic (exact) mass is 330 g/mol. The molecule has 0 aliphatic carbocycles.